The van der Waals surface area contributed by atoms with Crippen LogP contribution in [0.5, 0.6) is 0 Å². The van der Waals surface area contributed by atoms with E-state index in [1.165, 1.54) is 0 Å². The Morgan fingerprint density at radius 3 is 2.63 bits per heavy atom. The molecule has 0 saturated carbocycles. The Morgan fingerprint density at radius 1 is 1.00 bits per heavy atom. The second-order valence-electron chi connectivity index (χ2n) is 6.46. The lowest BCUT2D eigenvalue weighted by atomic mass is 10.1. The molecule has 0 aliphatic carbocycles. The SMILES string of the molecule is Cc1c(C(=O)NCc2ccccc2)cccc1-n1c(C)nc2cccnc21. The first-order valence-electron chi connectivity index (χ1n) is 8.87. The van der Waals surface area contributed by atoms with Gasteiger partial charge < -0.3 is 5.32 Å². The number of amides is 1. The van der Waals surface area contributed by atoms with Crippen molar-refractivity contribution >= 4 is 17.1 Å². The number of nitrogens with one attached hydrogen (secondary N) is 1. The van der Waals surface area contributed by atoms with Gasteiger partial charge in [-0.25, -0.2) is 9.97 Å². The number of aryl methyl sites for hydroxylation is 1. The number of imidazole rings is 1. The predicted molar refractivity (Wildman–Crippen MR) is 106 cm³/mol. The Labute approximate surface area is 157 Å². The second-order valence-corrected chi connectivity index (χ2v) is 6.46. The van der Waals surface area contributed by atoms with E-state index >= 15 is 0 Å². The van der Waals surface area contributed by atoms with Gasteiger partial charge in [-0.05, 0) is 49.2 Å². The minimum atomic E-state index is -0.0896. The molecule has 1 amide bonds. The Hall–Kier alpha value is -3.47. The third-order valence-electron chi connectivity index (χ3n) is 4.67. The van der Waals surface area contributed by atoms with Crippen molar-refractivity contribution in [2.45, 2.75) is 20.4 Å². The van der Waals surface area contributed by atoms with Gasteiger partial charge >= 0.3 is 0 Å². The molecule has 2 heterocycles. The molecule has 4 rings (SSSR count). The van der Waals surface area contributed by atoms with Crippen LogP contribution in [0.15, 0.2) is 66.9 Å². The fraction of sp³-hybridized carbons (Fsp3) is 0.136. The van der Waals surface area contributed by atoms with Crippen LogP contribution in [-0.4, -0.2) is 20.4 Å². The van der Waals surface area contributed by atoms with Gasteiger partial charge in [-0.3, -0.25) is 9.36 Å². The van der Waals surface area contributed by atoms with Gasteiger partial charge in [-0.15, -0.1) is 0 Å². The smallest absolute Gasteiger partial charge is 0.251 e. The number of aromatic nitrogens is 3. The molecule has 2 aromatic heterocycles. The summed E-state index contributed by atoms with van der Waals surface area (Å²) >= 11 is 0. The Kier molecular flexibility index (Phi) is 4.42. The molecule has 0 radical (unpaired) electrons. The highest BCUT2D eigenvalue weighted by Gasteiger charge is 2.16. The average Bonchev–Trinajstić information content (AvgIpc) is 3.03. The molecule has 0 unspecified atom stereocenters. The molecule has 0 atom stereocenters. The van der Waals surface area contributed by atoms with E-state index in [-0.39, 0.29) is 5.91 Å². The van der Waals surface area contributed by atoms with Crippen LogP contribution in [0.2, 0.25) is 0 Å². The number of pyridine rings is 1. The standard InChI is InChI=1S/C22H20N4O/c1-15-18(22(27)24-14-17-8-4-3-5-9-17)10-6-12-20(15)26-16(2)25-19-11-7-13-23-21(19)26/h3-13H,14H2,1-2H3,(H,24,27). The molecule has 0 bridgehead atoms. The fourth-order valence-electron chi connectivity index (χ4n) is 3.30. The van der Waals surface area contributed by atoms with Crippen molar-refractivity contribution in [3.05, 3.63) is 89.4 Å². The second kappa shape index (κ2) is 7.03. The van der Waals surface area contributed by atoms with Crippen LogP contribution in [0.1, 0.15) is 27.3 Å². The van der Waals surface area contributed by atoms with E-state index in [1.807, 2.05) is 79.1 Å². The molecule has 5 nitrogen and oxygen atoms in total. The van der Waals surface area contributed by atoms with Crippen molar-refractivity contribution in [2.75, 3.05) is 0 Å². The number of hydrogen-bond donors (Lipinski definition) is 1. The number of fused-ring (bicyclic) bond motifs is 1. The third-order valence-corrected chi connectivity index (χ3v) is 4.67. The monoisotopic (exact) mass is 356 g/mol. The summed E-state index contributed by atoms with van der Waals surface area (Å²) in [7, 11) is 0. The van der Waals surface area contributed by atoms with E-state index in [9.17, 15) is 4.79 Å². The van der Waals surface area contributed by atoms with Crippen molar-refractivity contribution in [3.63, 3.8) is 0 Å². The highest BCUT2D eigenvalue weighted by atomic mass is 16.1. The maximum atomic E-state index is 12.8. The van der Waals surface area contributed by atoms with Crippen LogP contribution in [-0.2, 0) is 6.54 Å². The quantitative estimate of drug-likeness (QED) is 0.602. The predicted octanol–water partition coefficient (Wildman–Crippen LogP) is 3.97. The summed E-state index contributed by atoms with van der Waals surface area (Å²) in [4.78, 5) is 21.8. The fourth-order valence-corrected chi connectivity index (χ4v) is 3.30. The molecule has 4 aromatic rings. The zero-order valence-electron chi connectivity index (χ0n) is 15.3. The first kappa shape index (κ1) is 17.0. The first-order chi connectivity index (χ1) is 13.1. The number of carbonyl (C=O) groups is 1. The Bertz CT molecular complexity index is 1120. The van der Waals surface area contributed by atoms with Crippen LogP contribution in [0.4, 0.5) is 0 Å². The lowest BCUT2D eigenvalue weighted by Crippen LogP contribution is -2.24. The lowest BCUT2D eigenvalue weighted by molar-refractivity contribution is 0.0950. The van der Waals surface area contributed by atoms with Crippen LogP contribution < -0.4 is 5.32 Å². The lowest BCUT2D eigenvalue weighted by Gasteiger charge is -2.14. The van der Waals surface area contributed by atoms with Gasteiger partial charge in [0.2, 0.25) is 0 Å². The van der Waals surface area contributed by atoms with Gasteiger partial charge in [0.1, 0.15) is 11.3 Å². The van der Waals surface area contributed by atoms with E-state index in [2.05, 4.69) is 15.3 Å². The molecule has 0 fully saturated rings. The summed E-state index contributed by atoms with van der Waals surface area (Å²) in [5.74, 6) is 0.752. The van der Waals surface area contributed by atoms with E-state index in [0.717, 1.165) is 33.8 Å². The van der Waals surface area contributed by atoms with Crippen LogP contribution in [0, 0.1) is 13.8 Å². The maximum Gasteiger partial charge on any atom is 0.251 e. The highest BCUT2D eigenvalue weighted by molar-refractivity contribution is 5.96. The summed E-state index contributed by atoms with van der Waals surface area (Å²) < 4.78 is 2.00. The van der Waals surface area contributed by atoms with E-state index in [4.69, 9.17) is 0 Å². The maximum absolute atomic E-state index is 12.8. The van der Waals surface area contributed by atoms with Crippen molar-refractivity contribution in [2.24, 2.45) is 0 Å². The number of nitrogens with zero attached hydrogens (tertiary/aromatic N) is 3. The van der Waals surface area contributed by atoms with Crippen LogP contribution >= 0.6 is 0 Å². The topological polar surface area (TPSA) is 59.8 Å². The summed E-state index contributed by atoms with van der Waals surface area (Å²) in [6, 6.07) is 19.4. The molecular formula is C22H20N4O. The average molecular weight is 356 g/mol. The molecule has 0 saturated heterocycles. The van der Waals surface area contributed by atoms with Gasteiger partial charge in [0.15, 0.2) is 5.65 Å². The van der Waals surface area contributed by atoms with Gasteiger partial charge in [0, 0.05) is 18.3 Å². The van der Waals surface area contributed by atoms with E-state index in [0.29, 0.717) is 12.1 Å². The van der Waals surface area contributed by atoms with Gasteiger partial charge in [0.05, 0.1) is 5.69 Å². The van der Waals surface area contributed by atoms with Crippen molar-refractivity contribution in [1.82, 2.24) is 19.9 Å². The molecule has 2 aromatic carbocycles. The van der Waals surface area contributed by atoms with Crippen LogP contribution in [0.25, 0.3) is 16.9 Å². The largest absolute Gasteiger partial charge is 0.348 e. The molecule has 0 aliphatic rings. The molecule has 0 aliphatic heterocycles. The summed E-state index contributed by atoms with van der Waals surface area (Å²) in [5, 5.41) is 3.00. The van der Waals surface area contributed by atoms with Crippen LogP contribution in [0.3, 0.4) is 0 Å². The van der Waals surface area contributed by atoms with E-state index in [1.54, 1.807) is 6.20 Å². The normalized spacial score (nSPS) is 10.9. The number of benzene rings is 2. The Morgan fingerprint density at radius 2 is 1.81 bits per heavy atom. The third kappa shape index (κ3) is 3.19. The van der Waals surface area contributed by atoms with Crippen molar-refractivity contribution in [3.8, 4) is 5.69 Å². The van der Waals surface area contributed by atoms with Crippen molar-refractivity contribution in [1.29, 1.82) is 0 Å². The molecule has 5 heteroatoms. The molecular weight excluding hydrogens is 336 g/mol. The summed E-state index contributed by atoms with van der Waals surface area (Å²) in [6.07, 6.45) is 1.76. The van der Waals surface area contributed by atoms with Gasteiger partial charge in [-0.1, -0.05) is 36.4 Å². The Balaban J connectivity index is 1.68. The summed E-state index contributed by atoms with van der Waals surface area (Å²) in [5.41, 5.74) is 5.17. The highest BCUT2D eigenvalue weighted by Crippen LogP contribution is 2.24. The molecule has 27 heavy (non-hydrogen) atoms. The number of carbonyl (C=O) groups excluding carboxylic acids is 1. The van der Waals surface area contributed by atoms with Crippen molar-refractivity contribution < 1.29 is 4.79 Å². The molecule has 1 N–H and O–H groups in total. The molecule has 0 spiro atoms. The zero-order chi connectivity index (χ0) is 18.8. The number of hydrogen-bond acceptors (Lipinski definition) is 3. The van der Waals surface area contributed by atoms with Gasteiger partial charge in [0.25, 0.3) is 5.91 Å². The minimum absolute atomic E-state index is 0.0896. The first-order valence-corrected chi connectivity index (χ1v) is 8.87. The number of rotatable bonds is 4. The molecule has 134 valence electrons. The van der Waals surface area contributed by atoms with Gasteiger partial charge in [-0.2, -0.15) is 0 Å². The zero-order valence-corrected chi connectivity index (χ0v) is 15.3. The summed E-state index contributed by atoms with van der Waals surface area (Å²) in [6.45, 7) is 4.40. The van der Waals surface area contributed by atoms with E-state index < -0.39 is 0 Å². The minimum Gasteiger partial charge on any atom is -0.348 e.